The van der Waals surface area contributed by atoms with Crippen molar-refractivity contribution in [3.05, 3.63) is 0 Å². The molecule has 2 rings (SSSR count). The van der Waals surface area contributed by atoms with Crippen LogP contribution in [0.2, 0.25) is 0 Å². The van der Waals surface area contributed by atoms with Gasteiger partial charge in [-0.25, -0.2) is 0 Å². The molecule has 1 saturated heterocycles. The number of likely N-dealkylation sites (tertiary alicyclic amines) is 1. The highest BCUT2D eigenvalue weighted by Gasteiger charge is 2.92. The highest BCUT2D eigenvalue weighted by atomic mass is 19.4. The molecule has 0 aromatic carbocycles. The number of ketones is 1. The normalized spacial score (nSPS) is 35.4. The number of alkyl halides is 6. The van der Waals surface area contributed by atoms with E-state index in [1.165, 1.54) is 11.9 Å². The number of carbonyl (C=O) groups is 1. The van der Waals surface area contributed by atoms with Crippen molar-refractivity contribution < 1.29 is 31.1 Å². The van der Waals surface area contributed by atoms with E-state index in [9.17, 15) is 31.1 Å². The zero-order valence-electron chi connectivity index (χ0n) is 9.56. The van der Waals surface area contributed by atoms with Gasteiger partial charge in [-0.15, -0.1) is 0 Å². The van der Waals surface area contributed by atoms with E-state index >= 15 is 0 Å². The van der Waals surface area contributed by atoms with E-state index in [1.54, 1.807) is 0 Å². The molecule has 1 heterocycles. The predicted molar refractivity (Wildman–Crippen MR) is 48.6 cm³/mol. The Morgan fingerprint density at radius 3 is 1.94 bits per heavy atom. The Balaban J connectivity index is 2.44. The van der Waals surface area contributed by atoms with Crippen LogP contribution >= 0.6 is 0 Å². The van der Waals surface area contributed by atoms with Gasteiger partial charge in [0.25, 0.3) is 0 Å². The van der Waals surface area contributed by atoms with Crippen molar-refractivity contribution in [1.29, 1.82) is 0 Å². The summed E-state index contributed by atoms with van der Waals surface area (Å²) in [7, 11) is 1.37. The van der Waals surface area contributed by atoms with Gasteiger partial charge in [0.15, 0.2) is 5.41 Å². The second kappa shape index (κ2) is 3.40. The number of likely N-dealkylation sites (N-methyl/N-ethyl adjacent to an activating group) is 1. The number of hydrogen-bond acceptors (Lipinski definition) is 2. The Hall–Kier alpha value is -0.790. The van der Waals surface area contributed by atoms with Crippen molar-refractivity contribution >= 4 is 5.78 Å². The summed E-state index contributed by atoms with van der Waals surface area (Å²) in [4.78, 5) is 12.5. The molecule has 1 aliphatic heterocycles. The smallest absolute Gasteiger partial charge is 0.298 e. The molecule has 0 aromatic heterocycles. The van der Waals surface area contributed by atoms with E-state index in [0.29, 0.717) is 0 Å². The maximum Gasteiger partial charge on any atom is 0.403 e. The van der Waals surface area contributed by atoms with Crippen molar-refractivity contribution in [2.75, 3.05) is 13.6 Å². The third kappa shape index (κ3) is 1.38. The molecule has 0 amide bonds. The lowest BCUT2D eigenvalue weighted by Gasteiger charge is -2.32. The van der Waals surface area contributed by atoms with Crippen LogP contribution < -0.4 is 0 Å². The van der Waals surface area contributed by atoms with E-state index < -0.39 is 41.4 Å². The molecule has 0 N–H and O–H groups in total. The molecule has 1 saturated carbocycles. The average Bonchev–Trinajstić information content (AvgIpc) is 2.61. The Labute approximate surface area is 98.9 Å². The van der Waals surface area contributed by atoms with Crippen LogP contribution in [0.15, 0.2) is 0 Å². The average molecular weight is 275 g/mol. The van der Waals surface area contributed by atoms with Gasteiger partial charge >= 0.3 is 12.4 Å². The molecule has 0 aromatic rings. The molecular weight excluding hydrogens is 264 g/mol. The maximum atomic E-state index is 12.8. The van der Waals surface area contributed by atoms with Gasteiger partial charge in [0.2, 0.25) is 0 Å². The number of hydrogen-bond donors (Lipinski definition) is 0. The van der Waals surface area contributed by atoms with Crippen molar-refractivity contribution in [3.8, 4) is 0 Å². The first-order chi connectivity index (χ1) is 7.96. The van der Waals surface area contributed by atoms with Gasteiger partial charge in [0.05, 0.1) is 6.04 Å². The number of piperidine rings is 1. The highest BCUT2D eigenvalue weighted by Crippen LogP contribution is 2.77. The highest BCUT2D eigenvalue weighted by molar-refractivity contribution is 5.83. The van der Waals surface area contributed by atoms with Crippen LogP contribution in [0.25, 0.3) is 0 Å². The summed E-state index contributed by atoms with van der Waals surface area (Å²) in [5.74, 6) is -3.91. The number of halogens is 6. The second-order valence-corrected chi connectivity index (χ2v) is 4.99. The largest absolute Gasteiger partial charge is 0.403 e. The zero-order chi connectivity index (χ0) is 14.1. The summed E-state index contributed by atoms with van der Waals surface area (Å²) in [5.41, 5.74) is -3.69. The van der Waals surface area contributed by atoms with Crippen molar-refractivity contribution in [2.45, 2.75) is 25.3 Å². The van der Waals surface area contributed by atoms with E-state index in [-0.39, 0.29) is 6.54 Å². The summed E-state index contributed by atoms with van der Waals surface area (Å²) in [6, 6.07) is -1.29. The minimum atomic E-state index is -5.37. The Morgan fingerprint density at radius 1 is 1.17 bits per heavy atom. The van der Waals surface area contributed by atoms with Gasteiger partial charge in [-0.05, 0) is 14.0 Å². The fourth-order valence-electron chi connectivity index (χ4n) is 3.44. The molecule has 2 nitrogen and oxygen atoms in total. The van der Waals surface area contributed by atoms with Crippen molar-refractivity contribution in [3.63, 3.8) is 0 Å². The van der Waals surface area contributed by atoms with Crippen LogP contribution in [0.5, 0.6) is 0 Å². The third-order valence-electron chi connectivity index (χ3n) is 4.09. The minimum Gasteiger partial charge on any atom is -0.298 e. The van der Waals surface area contributed by atoms with E-state index in [4.69, 9.17) is 0 Å². The van der Waals surface area contributed by atoms with Crippen LogP contribution in [0.4, 0.5) is 26.3 Å². The lowest BCUT2D eigenvalue weighted by Crippen LogP contribution is -2.50. The summed E-state index contributed by atoms with van der Waals surface area (Å²) in [5, 5.41) is 0. The minimum absolute atomic E-state index is 0.353. The fourth-order valence-corrected chi connectivity index (χ4v) is 3.44. The lowest BCUT2D eigenvalue weighted by atomic mass is 9.93. The Kier molecular flexibility index (Phi) is 2.58. The molecule has 8 heteroatoms. The van der Waals surface area contributed by atoms with Crippen LogP contribution in [-0.2, 0) is 4.79 Å². The maximum absolute atomic E-state index is 12.8. The second-order valence-electron chi connectivity index (χ2n) is 4.99. The van der Waals surface area contributed by atoms with Crippen molar-refractivity contribution in [2.24, 2.45) is 17.3 Å². The quantitative estimate of drug-likeness (QED) is 0.684. The molecule has 104 valence electrons. The molecule has 0 bridgehead atoms. The fraction of sp³-hybridized carbons (Fsp3) is 0.900. The molecular formula is C10H11F6NO. The number of rotatable bonds is 1. The van der Waals surface area contributed by atoms with Crippen LogP contribution in [0.1, 0.15) is 6.92 Å². The first-order valence-electron chi connectivity index (χ1n) is 5.30. The Morgan fingerprint density at radius 2 is 1.61 bits per heavy atom. The van der Waals surface area contributed by atoms with Gasteiger partial charge in [0, 0.05) is 18.4 Å². The standard InChI is InChI=1S/C10H11F6NO/c1-4(18)7-6-5(3-17(7)2)8(6,9(11,12)13)10(14,15)16/h5-7H,3H2,1-2H3/t5-,6-,7+/m0/s1. The summed E-state index contributed by atoms with van der Waals surface area (Å²) >= 11 is 0. The molecule has 0 radical (unpaired) electrons. The number of Topliss-reactive ketones (excluding diaryl/α,β-unsaturated/α-hetero) is 1. The van der Waals surface area contributed by atoms with Gasteiger partial charge in [-0.3, -0.25) is 9.69 Å². The van der Waals surface area contributed by atoms with E-state index in [0.717, 1.165) is 6.92 Å². The molecule has 1 aliphatic carbocycles. The summed E-state index contributed by atoms with van der Waals surface area (Å²) in [6.45, 7) is 0.674. The topological polar surface area (TPSA) is 20.3 Å². The van der Waals surface area contributed by atoms with Gasteiger partial charge in [0.1, 0.15) is 5.78 Å². The lowest BCUT2D eigenvalue weighted by molar-refractivity contribution is -0.314. The molecule has 0 spiro atoms. The Bertz CT molecular complexity index is 373. The monoisotopic (exact) mass is 275 g/mol. The SMILES string of the molecule is CC(=O)[C@@H]1[C@@H]2[C@H](CN1C)C2(C(F)(F)F)C(F)(F)F. The third-order valence-corrected chi connectivity index (χ3v) is 4.09. The zero-order valence-corrected chi connectivity index (χ0v) is 9.56. The first kappa shape index (κ1) is 13.6. The van der Waals surface area contributed by atoms with E-state index in [1.807, 2.05) is 0 Å². The molecule has 2 aliphatic rings. The van der Waals surface area contributed by atoms with Gasteiger partial charge < -0.3 is 0 Å². The first-order valence-corrected chi connectivity index (χ1v) is 5.30. The number of nitrogens with zero attached hydrogens (tertiary/aromatic N) is 1. The molecule has 3 atom stereocenters. The molecule has 18 heavy (non-hydrogen) atoms. The van der Waals surface area contributed by atoms with Gasteiger partial charge in [-0.1, -0.05) is 0 Å². The number of fused-ring (bicyclic) bond motifs is 1. The summed E-state index contributed by atoms with van der Waals surface area (Å²) < 4.78 is 77.0. The van der Waals surface area contributed by atoms with E-state index in [2.05, 4.69) is 0 Å². The summed E-state index contributed by atoms with van der Waals surface area (Å²) in [6.07, 6.45) is -10.7. The predicted octanol–water partition coefficient (Wildman–Crippen LogP) is 2.25. The van der Waals surface area contributed by atoms with Crippen LogP contribution in [-0.4, -0.2) is 42.7 Å². The molecule has 0 unspecified atom stereocenters. The number of carbonyl (C=O) groups excluding carboxylic acids is 1. The van der Waals surface area contributed by atoms with Crippen molar-refractivity contribution in [1.82, 2.24) is 4.90 Å². The van der Waals surface area contributed by atoms with Crippen LogP contribution in [0, 0.1) is 17.3 Å². The van der Waals surface area contributed by atoms with Gasteiger partial charge in [-0.2, -0.15) is 26.3 Å². The molecule has 2 fully saturated rings. The van der Waals surface area contributed by atoms with Crippen LogP contribution in [0.3, 0.4) is 0 Å².